The summed E-state index contributed by atoms with van der Waals surface area (Å²) >= 11 is 1.17. The van der Waals surface area contributed by atoms with E-state index in [1.807, 2.05) is 6.92 Å². The second kappa shape index (κ2) is 8.97. The number of ether oxygens (including phenoxy) is 1. The number of aryl methyl sites for hydroxylation is 1. The van der Waals surface area contributed by atoms with Crippen molar-refractivity contribution in [3.8, 4) is 5.69 Å². The molecule has 0 atom stereocenters. The lowest BCUT2D eigenvalue weighted by Gasteiger charge is -2.20. The van der Waals surface area contributed by atoms with Crippen molar-refractivity contribution in [2.24, 2.45) is 5.92 Å². The van der Waals surface area contributed by atoms with Crippen molar-refractivity contribution in [2.45, 2.75) is 39.0 Å². The van der Waals surface area contributed by atoms with E-state index in [2.05, 4.69) is 10.4 Å². The first kappa shape index (κ1) is 21.2. The van der Waals surface area contributed by atoms with E-state index in [1.165, 1.54) is 23.5 Å². The number of thiophene rings is 1. The molecule has 31 heavy (non-hydrogen) atoms. The summed E-state index contributed by atoms with van der Waals surface area (Å²) in [7, 11) is 0. The van der Waals surface area contributed by atoms with Gasteiger partial charge in [0.05, 0.1) is 11.4 Å². The Balaban J connectivity index is 1.41. The Labute approximate surface area is 182 Å². The number of carbonyl (C=O) groups excluding carboxylic acids is 3. The molecule has 1 aliphatic rings. The van der Waals surface area contributed by atoms with Gasteiger partial charge >= 0.3 is 5.97 Å². The van der Waals surface area contributed by atoms with Gasteiger partial charge in [0.15, 0.2) is 6.61 Å². The van der Waals surface area contributed by atoms with E-state index >= 15 is 0 Å². The number of fused-ring (bicyclic) bond motifs is 1. The monoisotopic (exact) mass is 443 g/mol. The normalized spacial score (nSPS) is 14.5. The minimum absolute atomic E-state index is 0.145. The lowest BCUT2D eigenvalue weighted by molar-refractivity contribution is -0.135. The molecule has 2 heterocycles. The Morgan fingerprint density at radius 1 is 1.19 bits per heavy atom. The molecule has 0 spiro atoms. The molecule has 0 saturated heterocycles. The number of hydrogen-bond acceptors (Lipinski definition) is 6. The van der Waals surface area contributed by atoms with Crippen molar-refractivity contribution in [3.63, 3.8) is 0 Å². The molecule has 1 aromatic carbocycles. The molecule has 7 nitrogen and oxygen atoms in total. The largest absolute Gasteiger partial charge is 0.451 e. The second-order valence-corrected chi connectivity index (χ2v) is 8.66. The van der Waals surface area contributed by atoms with Crippen LogP contribution in [0.3, 0.4) is 0 Å². The van der Waals surface area contributed by atoms with Gasteiger partial charge in [0, 0.05) is 11.3 Å². The fourth-order valence-corrected chi connectivity index (χ4v) is 4.82. The summed E-state index contributed by atoms with van der Waals surface area (Å²) in [4.78, 5) is 37.6. The van der Waals surface area contributed by atoms with Crippen molar-refractivity contribution in [3.05, 3.63) is 46.7 Å². The van der Waals surface area contributed by atoms with E-state index in [9.17, 15) is 18.8 Å². The number of aromatic nitrogens is 2. The molecule has 162 valence electrons. The van der Waals surface area contributed by atoms with Gasteiger partial charge in [-0.25, -0.2) is 13.9 Å². The van der Waals surface area contributed by atoms with Crippen LogP contribution >= 0.6 is 11.3 Å². The van der Waals surface area contributed by atoms with Gasteiger partial charge < -0.3 is 4.74 Å². The third kappa shape index (κ3) is 4.66. The highest BCUT2D eigenvalue weighted by molar-refractivity contribution is 7.20. The number of amides is 2. The van der Waals surface area contributed by atoms with Gasteiger partial charge in [-0.3, -0.25) is 14.9 Å². The Hall–Kier alpha value is -3.07. The summed E-state index contributed by atoms with van der Waals surface area (Å²) in [6.07, 6.45) is 4.66. The predicted octanol–water partition coefficient (Wildman–Crippen LogP) is 3.91. The summed E-state index contributed by atoms with van der Waals surface area (Å²) in [6, 6.07) is 7.55. The molecule has 9 heteroatoms. The van der Waals surface area contributed by atoms with Crippen molar-refractivity contribution >= 4 is 39.3 Å². The number of esters is 1. The number of carbonyl (C=O) groups is 3. The van der Waals surface area contributed by atoms with Crippen molar-refractivity contribution in [1.29, 1.82) is 0 Å². The highest BCUT2D eigenvalue weighted by Gasteiger charge is 2.24. The van der Waals surface area contributed by atoms with Crippen LogP contribution in [0.2, 0.25) is 0 Å². The van der Waals surface area contributed by atoms with Gasteiger partial charge in [-0.05, 0) is 50.1 Å². The van der Waals surface area contributed by atoms with Crippen molar-refractivity contribution in [1.82, 2.24) is 15.1 Å². The molecule has 1 fully saturated rings. The molecular weight excluding hydrogens is 421 g/mol. The van der Waals surface area contributed by atoms with Crippen LogP contribution in [0.4, 0.5) is 4.39 Å². The molecule has 2 aromatic heterocycles. The summed E-state index contributed by atoms with van der Waals surface area (Å²) in [6.45, 7) is 1.29. The first-order chi connectivity index (χ1) is 14.9. The lowest BCUT2D eigenvalue weighted by atomic mass is 9.89. The summed E-state index contributed by atoms with van der Waals surface area (Å²) in [5.41, 5.74) is 1.38. The number of benzene rings is 1. The SMILES string of the molecule is Cc1nn(-c2ccc(F)cc2)c2sc(C(=O)OCC(=O)NC(=O)C3CCCCC3)cc12. The van der Waals surface area contributed by atoms with Gasteiger partial charge in [0.1, 0.15) is 15.5 Å². The highest BCUT2D eigenvalue weighted by Crippen LogP contribution is 2.31. The summed E-state index contributed by atoms with van der Waals surface area (Å²) < 4.78 is 20.0. The van der Waals surface area contributed by atoms with Crippen LogP contribution in [0, 0.1) is 18.7 Å². The molecule has 2 amide bonds. The van der Waals surface area contributed by atoms with Gasteiger partial charge in [-0.15, -0.1) is 11.3 Å². The maximum atomic E-state index is 13.2. The van der Waals surface area contributed by atoms with Crippen LogP contribution in [-0.4, -0.2) is 34.2 Å². The number of imide groups is 1. The minimum atomic E-state index is -0.647. The third-order valence-corrected chi connectivity index (χ3v) is 6.48. The summed E-state index contributed by atoms with van der Waals surface area (Å²) in [5, 5.41) is 7.55. The average molecular weight is 444 g/mol. The fourth-order valence-electron chi connectivity index (χ4n) is 3.75. The smallest absolute Gasteiger partial charge is 0.348 e. The first-order valence-corrected chi connectivity index (χ1v) is 11.0. The average Bonchev–Trinajstić information content (AvgIpc) is 3.34. The first-order valence-electron chi connectivity index (χ1n) is 10.2. The van der Waals surface area contributed by atoms with Gasteiger partial charge in [-0.2, -0.15) is 5.10 Å². The molecule has 4 rings (SSSR count). The summed E-state index contributed by atoms with van der Waals surface area (Å²) in [5.74, 6) is -2.06. The van der Waals surface area contributed by atoms with Gasteiger partial charge in [0.2, 0.25) is 5.91 Å². The zero-order valence-electron chi connectivity index (χ0n) is 17.0. The van der Waals surface area contributed by atoms with E-state index in [0.717, 1.165) is 37.5 Å². The van der Waals surface area contributed by atoms with Crippen LogP contribution in [0.15, 0.2) is 30.3 Å². The van der Waals surface area contributed by atoms with Crippen molar-refractivity contribution in [2.75, 3.05) is 6.61 Å². The van der Waals surface area contributed by atoms with Crippen LogP contribution < -0.4 is 5.32 Å². The number of hydrogen-bond donors (Lipinski definition) is 1. The minimum Gasteiger partial charge on any atom is -0.451 e. The fraction of sp³-hybridized carbons (Fsp3) is 0.364. The molecule has 0 unspecified atom stereocenters. The Bertz CT molecular complexity index is 1130. The van der Waals surface area contributed by atoms with Crippen LogP contribution in [-0.2, 0) is 14.3 Å². The maximum Gasteiger partial charge on any atom is 0.348 e. The Kier molecular flexibility index (Phi) is 6.13. The van der Waals surface area contributed by atoms with E-state index in [-0.39, 0.29) is 17.6 Å². The quantitative estimate of drug-likeness (QED) is 0.604. The molecule has 0 bridgehead atoms. The van der Waals surface area contributed by atoms with Crippen LogP contribution in [0.25, 0.3) is 15.9 Å². The van der Waals surface area contributed by atoms with Gasteiger partial charge in [0.25, 0.3) is 5.91 Å². The zero-order valence-corrected chi connectivity index (χ0v) is 17.8. The molecule has 1 aliphatic carbocycles. The molecule has 0 radical (unpaired) electrons. The number of halogens is 1. The molecular formula is C22H22FN3O4S. The highest BCUT2D eigenvalue weighted by atomic mass is 32.1. The van der Waals surface area contributed by atoms with Crippen LogP contribution in [0.1, 0.15) is 47.5 Å². The van der Waals surface area contributed by atoms with Crippen LogP contribution in [0.5, 0.6) is 0 Å². The second-order valence-electron chi connectivity index (χ2n) is 7.63. The van der Waals surface area contributed by atoms with E-state index in [4.69, 9.17) is 4.74 Å². The van der Waals surface area contributed by atoms with E-state index in [1.54, 1.807) is 22.9 Å². The van der Waals surface area contributed by atoms with Crippen molar-refractivity contribution < 1.29 is 23.5 Å². The third-order valence-electron chi connectivity index (χ3n) is 5.39. The topological polar surface area (TPSA) is 90.3 Å². The number of nitrogens with one attached hydrogen (secondary N) is 1. The number of nitrogens with zero attached hydrogens (tertiary/aromatic N) is 2. The lowest BCUT2D eigenvalue weighted by Crippen LogP contribution is -2.38. The molecule has 1 saturated carbocycles. The molecule has 1 N–H and O–H groups in total. The standard InChI is InChI=1S/C22H22FN3O4S/c1-13-17-11-18(31-21(17)26(25-13)16-9-7-15(23)8-10-16)22(29)30-12-19(27)24-20(28)14-5-3-2-4-6-14/h7-11,14H,2-6,12H2,1H3,(H,24,27,28). The number of rotatable bonds is 5. The van der Waals surface area contributed by atoms with E-state index in [0.29, 0.717) is 21.1 Å². The Morgan fingerprint density at radius 3 is 2.61 bits per heavy atom. The maximum absolute atomic E-state index is 13.2. The molecule has 3 aromatic rings. The zero-order chi connectivity index (χ0) is 22.0. The van der Waals surface area contributed by atoms with E-state index < -0.39 is 18.5 Å². The Morgan fingerprint density at radius 2 is 1.90 bits per heavy atom. The predicted molar refractivity (Wildman–Crippen MR) is 114 cm³/mol. The van der Waals surface area contributed by atoms with Gasteiger partial charge in [-0.1, -0.05) is 19.3 Å². The molecule has 0 aliphatic heterocycles.